The lowest BCUT2D eigenvalue weighted by molar-refractivity contribution is -0.122. The fraction of sp³-hybridized carbons (Fsp3) is 0.286. The van der Waals surface area contributed by atoms with Gasteiger partial charge in [0, 0.05) is 13.1 Å². The summed E-state index contributed by atoms with van der Waals surface area (Å²) in [5.74, 6) is 0.870. The maximum Gasteiger partial charge on any atom is 0.234 e. The van der Waals surface area contributed by atoms with Gasteiger partial charge >= 0.3 is 0 Å². The van der Waals surface area contributed by atoms with Crippen LogP contribution < -0.4 is 10.1 Å². The highest BCUT2D eigenvalue weighted by Gasteiger charge is 2.07. The number of benzene rings is 2. The van der Waals surface area contributed by atoms with Crippen LogP contribution in [-0.2, 0) is 17.8 Å². The van der Waals surface area contributed by atoms with Crippen LogP contribution >= 0.6 is 0 Å². The minimum Gasteiger partial charge on any atom is -0.490 e. The Kier molecular flexibility index (Phi) is 7.73. The van der Waals surface area contributed by atoms with Crippen molar-refractivity contribution in [2.24, 2.45) is 0 Å². The molecule has 0 bridgehead atoms. The van der Waals surface area contributed by atoms with E-state index in [2.05, 4.69) is 24.0 Å². The van der Waals surface area contributed by atoms with Gasteiger partial charge in [-0.15, -0.1) is 0 Å². The molecular weight excluding hydrogens is 312 g/mol. The van der Waals surface area contributed by atoms with Crippen molar-refractivity contribution in [3.63, 3.8) is 0 Å². The van der Waals surface area contributed by atoms with Crippen molar-refractivity contribution < 1.29 is 9.53 Å². The summed E-state index contributed by atoms with van der Waals surface area (Å²) in [4.78, 5) is 14.0. The van der Waals surface area contributed by atoms with E-state index in [0.29, 0.717) is 26.2 Å². The van der Waals surface area contributed by atoms with E-state index in [1.807, 2.05) is 54.4 Å². The van der Waals surface area contributed by atoms with Crippen LogP contribution in [0.1, 0.15) is 11.1 Å². The van der Waals surface area contributed by atoms with Crippen molar-refractivity contribution in [2.45, 2.75) is 13.0 Å². The Bertz CT molecular complexity index is 653. The average molecular weight is 338 g/mol. The molecule has 0 fully saturated rings. The highest BCUT2D eigenvalue weighted by atomic mass is 16.5. The van der Waals surface area contributed by atoms with Crippen LogP contribution in [0.2, 0.25) is 0 Å². The Morgan fingerprint density at radius 1 is 1.12 bits per heavy atom. The van der Waals surface area contributed by atoms with Gasteiger partial charge in [-0.25, -0.2) is 0 Å². The molecule has 1 N–H and O–H groups in total. The summed E-state index contributed by atoms with van der Waals surface area (Å²) in [6, 6.07) is 18.1. The lowest BCUT2D eigenvalue weighted by Gasteiger charge is -2.16. The lowest BCUT2D eigenvalue weighted by Crippen LogP contribution is -2.35. The second-order valence-electron chi connectivity index (χ2n) is 6.00. The van der Waals surface area contributed by atoms with Crippen molar-refractivity contribution in [3.8, 4) is 5.75 Å². The van der Waals surface area contributed by atoms with Gasteiger partial charge in [-0.05, 0) is 36.7 Å². The van der Waals surface area contributed by atoms with E-state index in [9.17, 15) is 4.79 Å². The zero-order chi connectivity index (χ0) is 17.9. The fourth-order valence-electron chi connectivity index (χ4n) is 2.51. The summed E-state index contributed by atoms with van der Waals surface area (Å²) in [5, 5.41) is 2.97. The largest absolute Gasteiger partial charge is 0.490 e. The first-order valence-electron chi connectivity index (χ1n) is 8.49. The second-order valence-corrected chi connectivity index (χ2v) is 6.00. The summed E-state index contributed by atoms with van der Waals surface area (Å²) in [6.07, 6.45) is 2.57. The summed E-state index contributed by atoms with van der Waals surface area (Å²) in [6.45, 7) is 5.88. The SMILES string of the molecule is C=CCOc1ccc(CN(C)CC(=O)NCCc2ccccc2)cc1. The van der Waals surface area contributed by atoms with Crippen molar-refractivity contribution in [3.05, 3.63) is 78.4 Å². The van der Waals surface area contributed by atoms with Crippen LogP contribution in [0.5, 0.6) is 5.75 Å². The Morgan fingerprint density at radius 3 is 2.52 bits per heavy atom. The molecule has 0 spiro atoms. The normalized spacial score (nSPS) is 10.5. The standard InChI is InChI=1S/C21H26N2O2/c1-3-15-25-20-11-9-19(10-12-20)16-23(2)17-21(24)22-14-13-18-7-5-4-6-8-18/h3-12H,1,13-17H2,2H3,(H,22,24). The van der Waals surface area contributed by atoms with E-state index in [4.69, 9.17) is 4.74 Å². The zero-order valence-corrected chi connectivity index (χ0v) is 14.8. The number of nitrogens with zero attached hydrogens (tertiary/aromatic N) is 1. The number of ether oxygens (including phenoxy) is 1. The van der Waals surface area contributed by atoms with Crippen LogP contribution in [0.3, 0.4) is 0 Å². The highest BCUT2D eigenvalue weighted by Crippen LogP contribution is 2.13. The summed E-state index contributed by atoms with van der Waals surface area (Å²) in [7, 11) is 1.94. The molecule has 2 aromatic carbocycles. The first-order chi connectivity index (χ1) is 12.2. The number of rotatable bonds is 10. The molecule has 2 aromatic rings. The first kappa shape index (κ1) is 18.7. The van der Waals surface area contributed by atoms with Gasteiger partial charge in [0.2, 0.25) is 5.91 Å². The quantitative estimate of drug-likeness (QED) is 0.677. The lowest BCUT2D eigenvalue weighted by atomic mass is 10.1. The maximum absolute atomic E-state index is 12.0. The number of nitrogens with one attached hydrogen (secondary N) is 1. The topological polar surface area (TPSA) is 41.6 Å². The van der Waals surface area contributed by atoms with Gasteiger partial charge in [0.1, 0.15) is 12.4 Å². The number of hydrogen-bond donors (Lipinski definition) is 1. The molecule has 2 rings (SSSR count). The molecule has 0 aliphatic rings. The van der Waals surface area contributed by atoms with Gasteiger partial charge < -0.3 is 10.1 Å². The number of amides is 1. The van der Waals surface area contributed by atoms with Crippen LogP contribution in [0.4, 0.5) is 0 Å². The van der Waals surface area contributed by atoms with Gasteiger partial charge in [-0.2, -0.15) is 0 Å². The Balaban J connectivity index is 1.69. The van der Waals surface area contributed by atoms with Crippen molar-refractivity contribution in [1.82, 2.24) is 10.2 Å². The first-order valence-corrected chi connectivity index (χ1v) is 8.49. The van der Waals surface area contributed by atoms with Gasteiger partial charge in [-0.3, -0.25) is 9.69 Å². The molecule has 0 saturated heterocycles. The molecule has 0 aliphatic carbocycles. The molecule has 25 heavy (non-hydrogen) atoms. The third-order valence-electron chi connectivity index (χ3n) is 3.74. The summed E-state index contributed by atoms with van der Waals surface area (Å²) in [5.41, 5.74) is 2.38. The van der Waals surface area contributed by atoms with Crippen LogP contribution in [0, 0.1) is 0 Å². The van der Waals surface area contributed by atoms with Crippen LogP contribution in [-0.4, -0.2) is 37.6 Å². The van der Waals surface area contributed by atoms with E-state index in [0.717, 1.165) is 17.7 Å². The van der Waals surface area contributed by atoms with E-state index in [-0.39, 0.29) is 5.91 Å². The van der Waals surface area contributed by atoms with Crippen LogP contribution in [0.15, 0.2) is 67.3 Å². The monoisotopic (exact) mass is 338 g/mol. The molecule has 0 unspecified atom stereocenters. The molecule has 0 aromatic heterocycles. The van der Waals surface area contributed by atoms with Gasteiger partial charge in [0.25, 0.3) is 0 Å². The van der Waals surface area contributed by atoms with Crippen molar-refractivity contribution >= 4 is 5.91 Å². The molecule has 0 aliphatic heterocycles. The van der Waals surface area contributed by atoms with Gasteiger partial charge in [-0.1, -0.05) is 55.1 Å². The summed E-state index contributed by atoms with van der Waals surface area (Å²) >= 11 is 0. The molecule has 1 amide bonds. The molecule has 0 saturated carbocycles. The van der Waals surface area contributed by atoms with E-state index < -0.39 is 0 Å². The third-order valence-corrected chi connectivity index (χ3v) is 3.74. The van der Waals surface area contributed by atoms with E-state index in [1.54, 1.807) is 6.08 Å². The van der Waals surface area contributed by atoms with Crippen LogP contribution in [0.25, 0.3) is 0 Å². The van der Waals surface area contributed by atoms with Crippen molar-refractivity contribution in [2.75, 3.05) is 26.7 Å². The minimum absolute atomic E-state index is 0.0457. The number of carbonyl (C=O) groups is 1. The third kappa shape index (κ3) is 7.23. The maximum atomic E-state index is 12.0. The Labute approximate surface area is 150 Å². The highest BCUT2D eigenvalue weighted by molar-refractivity contribution is 5.77. The van der Waals surface area contributed by atoms with E-state index in [1.165, 1.54) is 5.56 Å². The molecule has 4 heteroatoms. The smallest absolute Gasteiger partial charge is 0.234 e. The van der Waals surface area contributed by atoms with Crippen molar-refractivity contribution in [1.29, 1.82) is 0 Å². The molecule has 0 heterocycles. The number of hydrogen-bond acceptors (Lipinski definition) is 3. The molecule has 0 radical (unpaired) electrons. The number of likely N-dealkylation sites (N-methyl/N-ethyl adjacent to an activating group) is 1. The molecule has 132 valence electrons. The number of carbonyl (C=O) groups excluding carboxylic acids is 1. The predicted molar refractivity (Wildman–Crippen MR) is 102 cm³/mol. The molecular formula is C21H26N2O2. The van der Waals surface area contributed by atoms with Gasteiger partial charge in [0.05, 0.1) is 6.54 Å². The minimum atomic E-state index is 0.0457. The Morgan fingerprint density at radius 2 is 1.84 bits per heavy atom. The summed E-state index contributed by atoms with van der Waals surface area (Å²) < 4.78 is 5.46. The van der Waals surface area contributed by atoms with E-state index >= 15 is 0 Å². The fourth-order valence-corrected chi connectivity index (χ4v) is 2.51. The molecule has 0 atom stereocenters. The van der Waals surface area contributed by atoms with Gasteiger partial charge in [0.15, 0.2) is 0 Å². The Hall–Kier alpha value is -2.59. The average Bonchev–Trinajstić information content (AvgIpc) is 2.62. The zero-order valence-electron chi connectivity index (χ0n) is 14.8. The molecule has 4 nitrogen and oxygen atoms in total. The second kappa shape index (κ2) is 10.3. The predicted octanol–water partition coefficient (Wildman–Crippen LogP) is 3.04.